The third-order valence-electron chi connectivity index (χ3n) is 4.44. The highest BCUT2D eigenvalue weighted by Gasteiger charge is 2.27. The molecule has 1 aromatic rings. The number of nitrogens with zero attached hydrogens (tertiary/aromatic N) is 1. The van der Waals surface area contributed by atoms with Crippen LogP contribution in [0.1, 0.15) is 51.1 Å². The van der Waals surface area contributed by atoms with Crippen LogP contribution in [0.15, 0.2) is 18.2 Å². The van der Waals surface area contributed by atoms with Crippen molar-refractivity contribution in [3.05, 3.63) is 35.4 Å². The highest BCUT2D eigenvalue weighted by atomic mass is 19.1. The zero-order valence-corrected chi connectivity index (χ0v) is 12.3. The van der Waals surface area contributed by atoms with Crippen LogP contribution in [0, 0.1) is 11.6 Å². The first-order valence-electron chi connectivity index (χ1n) is 7.48. The Kier molecular flexibility index (Phi) is 5.11. The van der Waals surface area contributed by atoms with E-state index in [-0.39, 0.29) is 6.04 Å². The fourth-order valence-corrected chi connectivity index (χ4v) is 3.29. The molecule has 0 saturated heterocycles. The van der Waals surface area contributed by atoms with E-state index in [1.54, 1.807) is 0 Å². The maximum Gasteiger partial charge on any atom is 0.126 e. The molecule has 2 rings (SSSR count). The molecule has 0 amide bonds. The van der Waals surface area contributed by atoms with Gasteiger partial charge in [-0.05, 0) is 56.8 Å². The number of benzene rings is 1. The predicted octanol–water partition coefficient (Wildman–Crippen LogP) is 3.62. The quantitative estimate of drug-likeness (QED) is 0.914. The molecule has 2 nitrogen and oxygen atoms in total. The van der Waals surface area contributed by atoms with E-state index in [4.69, 9.17) is 5.73 Å². The van der Waals surface area contributed by atoms with Crippen LogP contribution >= 0.6 is 0 Å². The van der Waals surface area contributed by atoms with E-state index in [9.17, 15) is 8.78 Å². The van der Waals surface area contributed by atoms with E-state index in [1.807, 2.05) is 6.92 Å². The summed E-state index contributed by atoms with van der Waals surface area (Å²) in [6, 6.07) is 4.58. The second kappa shape index (κ2) is 6.64. The van der Waals surface area contributed by atoms with E-state index < -0.39 is 11.6 Å². The minimum absolute atomic E-state index is 0.0181. The Labute approximate surface area is 120 Å². The Hall–Kier alpha value is -1.00. The molecule has 1 aliphatic rings. The Bertz CT molecular complexity index is 422. The number of hydrogen-bond acceptors (Lipinski definition) is 2. The second-order valence-electron chi connectivity index (χ2n) is 5.78. The first kappa shape index (κ1) is 15.4. The fraction of sp³-hybridized carbons (Fsp3) is 0.625. The van der Waals surface area contributed by atoms with Crippen LogP contribution in [-0.4, -0.2) is 23.5 Å². The summed E-state index contributed by atoms with van der Waals surface area (Å²) in [5, 5.41) is 0. The molecule has 20 heavy (non-hydrogen) atoms. The molecule has 1 aromatic carbocycles. The van der Waals surface area contributed by atoms with Crippen molar-refractivity contribution in [2.45, 2.75) is 57.7 Å². The largest absolute Gasteiger partial charge is 0.328 e. The molecular formula is C16H24F2N2. The Morgan fingerprint density at radius 2 is 1.70 bits per heavy atom. The van der Waals surface area contributed by atoms with Crippen LogP contribution in [0.4, 0.5) is 8.78 Å². The topological polar surface area (TPSA) is 29.3 Å². The fourth-order valence-electron chi connectivity index (χ4n) is 3.29. The van der Waals surface area contributed by atoms with E-state index in [0.29, 0.717) is 17.6 Å². The van der Waals surface area contributed by atoms with Gasteiger partial charge in [0.25, 0.3) is 0 Å². The molecule has 0 bridgehead atoms. The summed E-state index contributed by atoms with van der Waals surface area (Å²) in [5.41, 5.74) is 6.66. The average Bonchev–Trinajstić information content (AvgIpc) is 2.40. The van der Waals surface area contributed by atoms with Crippen molar-refractivity contribution >= 4 is 0 Å². The Balaban J connectivity index is 2.13. The molecule has 0 spiro atoms. The molecule has 1 atom stereocenters. The summed E-state index contributed by atoms with van der Waals surface area (Å²) in [5.74, 6) is -1.01. The summed E-state index contributed by atoms with van der Waals surface area (Å²) >= 11 is 0. The van der Waals surface area contributed by atoms with Gasteiger partial charge in [-0.1, -0.05) is 6.92 Å². The lowest BCUT2D eigenvalue weighted by Gasteiger charge is -2.39. The first-order chi connectivity index (χ1) is 9.51. The molecule has 0 aromatic heterocycles. The van der Waals surface area contributed by atoms with E-state index in [2.05, 4.69) is 11.8 Å². The highest BCUT2D eigenvalue weighted by molar-refractivity contribution is 5.21. The molecule has 4 heteroatoms. The van der Waals surface area contributed by atoms with E-state index in [1.165, 1.54) is 12.1 Å². The third-order valence-corrected chi connectivity index (χ3v) is 4.44. The third kappa shape index (κ3) is 3.55. The van der Waals surface area contributed by atoms with Crippen LogP contribution in [0.25, 0.3) is 0 Å². The summed E-state index contributed by atoms with van der Waals surface area (Å²) < 4.78 is 26.7. The molecule has 0 aliphatic heterocycles. The van der Waals surface area contributed by atoms with Crippen LogP contribution in [0.2, 0.25) is 0 Å². The van der Waals surface area contributed by atoms with Crippen LogP contribution < -0.4 is 5.73 Å². The summed E-state index contributed by atoms with van der Waals surface area (Å²) in [6.07, 6.45) is 4.20. The van der Waals surface area contributed by atoms with Gasteiger partial charge in [-0.25, -0.2) is 8.78 Å². The number of hydrogen-bond donors (Lipinski definition) is 1. The van der Waals surface area contributed by atoms with Gasteiger partial charge in [0, 0.05) is 24.2 Å². The van der Waals surface area contributed by atoms with Gasteiger partial charge in [-0.3, -0.25) is 4.90 Å². The van der Waals surface area contributed by atoms with Crippen LogP contribution in [0.3, 0.4) is 0 Å². The van der Waals surface area contributed by atoms with Crippen LogP contribution in [0.5, 0.6) is 0 Å². The minimum atomic E-state index is -0.506. The maximum atomic E-state index is 13.4. The van der Waals surface area contributed by atoms with Crippen molar-refractivity contribution in [2.75, 3.05) is 6.54 Å². The summed E-state index contributed by atoms with van der Waals surface area (Å²) in [7, 11) is 0. The lowest BCUT2D eigenvalue weighted by Crippen LogP contribution is -2.42. The zero-order chi connectivity index (χ0) is 14.7. The zero-order valence-electron chi connectivity index (χ0n) is 12.3. The number of halogens is 2. The van der Waals surface area contributed by atoms with Crippen molar-refractivity contribution in [1.29, 1.82) is 0 Å². The average molecular weight is 282 g/mol. The molecule has 1 aliphatic carbocycles. The van der Waals surface area contributed by atoms with Gasteiger partial charge >= 0.3 is 0 Å². The maximum absolute atomic E-state index is 13.4. The molecule has 0 heterocycles. The van der Waals surface area contributed by atoms with Gasteiger partial charge in [0.1, 0.15) is 11.6 Å². The van der Waals surface area contributed by atoms with E-state index >= 15 is 0 Å². The van der Waals surface area contributed by atoms with Crippen LogP contribution in [-0.2, 0) is 0 Å². The molecule has 2 N–H and O–H groups in total. The van der Waals surface area contributed by atoms with Crippen molar-refractivity contribution in [1.82, 2.24) is 4.90 Å². The predicted molar refractivity (Wildman–Crippen MR) is 77.4 cm³/mol. The lowest BCUT2D eigenvalue weighted by molar-refractivity contribution is 0.114. The SMILES string of the molecule is CCN(C1CCC(N)CC1)C(C)c1cc(F)cc(F)c1. The van der Waals surface area contributed by atoms with Crippen molar-refractivity contribution in [2.24, 2.45) is 5.73 Å². The summed E-state index contributed by atoms with van der Waals surface area (Å²) in [4.78, 5) is 2.33. The smallest absolute Gasteiger partial charge is 0.126 e. The van der Waals surface area contributed by atoms with E-state index in [0.717, 1.165) is 38.3 Å². The number of nitrogens with two attached hydrogens (primary N) is 1. The molecular weight excluding hydrogens is 258 g/mol. The molecule has 1 saturated carbocycles. The number of rotatable bonds is 4. The van der Waals surface area contributed by atoms with Gasteiger partial charge in [-0.2, -0.15) is 0 Å². The van der Waals surface area contributed by atoms with Crippen molar-refractivity contribution < 1.29 is 8.78 Å². The molecule has 112 valence electrons. The Morgan fingerprint density at radius 3 is 2.20 bits per heavy atom. The normalized spacial score (nSPS) is 24.9. The monoisotopic (exact) mass is 282 g/mol. The minimum Gasteiger partial charge on any atom is -0.328 e. The van der Waals surface area contributed by atoms with Gasteiger partial charge in [0.2, 0.25) is 0 Å². The Morgan fingerprint density at radius 1 is 1.15 bits per heavy atom. The highest BCUT2D eigenvalue weighted by Crippen LogP contribution is 2.30. The van der Waals surface area contributed by atoms with Gasteiger partial charge in [0.15, 0.2) is 0 Å². The van der Waals surface area contributed by atoms with Gasteiger partial charge in [0.05, 0.1) is 0 Å². The lowest BCUT2D eigenvalue weighted by atomic mass is 9.89. The van der Waals surface area contributed by atoms with Crippen molar-refractivity contribution in [3.63, 3.8) is 0 Å². The standard InChI is InChI=1S/C16H24F2N2/c1-3-20(16-6-4-15(19)5-7-16)11(2)12-8-13(17)10-14(18)9-12/h8-11,15-16H,3-7,19H2,1-2H3. The van der Waals surface area contributed by atoms with Crippen molar-refractivity contribution in [3.8, 4) is 0 Å². The van der Waals surface area contributed by atoms with Gasteiger partial charge < -0.3 is 5.73 Å². The summed E-state index contributed by atoms with van der Waals surface area (Å²) in [6.45, 7) is 4.99. The first-order valence-corrected chi connectivity index (χ1v) is 7.48. The molecule has 0 radical (unpaired) electrons. The second-order valence-corrected chi connectivity index (χ2v) is 5.78. The van der Waals surface area contributed by atoms with Gasteiger partial charge in [-0.15, -0.1) is 0 Å². The molecule has 1 unspecified atom stereocenters. The molecule has 1 fully saturated rings.